The zero-order valence-electron chi connectivity index (χ0n) is 15.1. The van der Waals surface area contributed by atoms with E-state index in [0.29, 0.717) is 32.8 Å². The SMILES string of the molecule is O=C(C[C@H]1C(=O)NCCN1Cc1ccccn1)NCCOc1ccccc1. The van der Waals surface area contributed by atoms with E-state index >= 15 is 0 Å². The van der Waals surface area contributed by atoms with Gasteiger partial charge in [0.15, 0.2) is 0 Å². The fraction of sp³-hybridized carbons (Fsp3) is 0.350. The summed E-state index contributed by atoms with van der Waals surface area (Å²) in [6.07, 6.45) is 1.85. The lowest BCUT2D eigenvalue weighted by Gasteiger charge is -2.34. The second kappa shape index (κ2) is 9.68. The van der Waals surface area contributed by atoms with E-state index in [0.717, 1.165) is 11.4 Å². The van der Waals surface area contributed by atoms with Crippen LogP contribution in [-0.2, 0) is 16.1 Å². The van der Waals surface area contributed by atoms with Gasteiger partial charge in [0.25, 0.3) is 0 Å². The zero-order chi connectivity index (χ0) is 18.9. The summed E-state index contributed by atoms with van der Waals surface area (Å²) in [4.78, 5) is 30.9. The number of carbonyl (C=O) groups is 2. The van der Waals surface area contributed by atoms with E-state index in [1.807, 2.05) is 53.4 Å². The van der Waals surface area contributed by atoms with Crippen molar-refractivity contribution in [2.24, 2.45) is 0 Å². The Morgan fingerprint density at radius 2 is 2.04 bits per heavy atom. The Morgan fingerprint density at radius 3 is 2.81 bits per heavy atom. The van der Waals surface area contributed by atoms with Gasteiger partial charge in [0.05, 0.1) is 24.7 Å². The number of aromatic nitrogens is 1. The van der Waals surface area contributed by atoms with Gasteiger partial charge in [-0.15, -0.1) is 0 Å². The van der Waals surface area contributed by atoms with Crippen molar-refractivity contribution in [3.63, 3.8) is 0 Å². The van der Waals surface area contributed by atoms with Crippen LogP contribution in [0.25, 0.3) is 0 Å². The molecule has 0 saturated carbocycles. The van der Waals surface area contributed by atoms with Gasteiger partial charge in [0.2, 0.25) is 11.8 Å². The van der Waals surface area contributed by atoms with E-state index in [4.69, 9.17) is 4.74 Å². The molecule has 0 aliphatic carbocycles. The molecule has 1 fully saturated rings. The molecule has 1 aromatic carbocycles. The highest BCUT2D eigenvalue weighted by atomic mass is 16.5. The van der Waals surface area contributed by atoms with Crippen molar-refractivity contribution in [1.82, 2.24) is 20.5 Å². The Balaban J connectivity index is 1.47. The maximum Gasteiger partial charge on any atom is 0.237 e. The number of para-hydroxylation sites is 1. The average molecular weight is 368 g/mol. The summed E-state index contributed by atoms with van der Waals surface area (Å²) in [6, 6.07) is 14.6. The van der Waals surface area contributed by atoms with Crippen molar-refractivity contribution in [3.05, 3.63) is 60.4 Å². The van der Waals surface area contributed by atoms with Gasteiger partial charge in [-0.25, -0.2) is 0 Å². The van der Waals surface area contributed by atoms with Crippen molar-refractivity contribution < 1.29 is 14.3 Å². The fourth-order valence-corrected chi connectivity index (χ4v) is 3.00. The molecule has 0 radical (unpaired) electrons. The van der Waals surface area contributed by atoms with Gasteiger partial charge < -0.3 is 15.4 Å². The number of ether oxygens (including phenoxy) is 1. The van der Waals surface area contributed by atoms with Crippen LogP contribution in [0.3, 0.4) is 0 Å². The van der Waals surface area contributed by atoms with Crippen LogP contribution in [-0.4, -0.2) is 54.0 Å². The van der Waals surface area contributed by atoms with Crippen molar-refractivity contribution in [2.45, 2.75) is 19.0 Å². The summed E-state index contributed by atoms with van der Waals surface area (Å²) < 4.78 is 5.55. The topological polar surface area (TPSA) is 83.6 Å². The van der Waals surface area contributed by atoms with Crippen LogP contribution in [0.1, 0.15) is 12.1 Å². The van der Waals surface area contributed by atoms with Gasteiger partial charge in [0.1, 0.15) is 12.4 Å². The number of pyridine rings is 1. The third-order valence-electron chi connectivity index (χ3n) is 4.35. The summed E-state index contributed by atoms with van der Waals surface area (Å²) in [5.41, 5.74) is 0.883. The predicted molar refractivity (Wildman–Crippen MR) is 101 cm³/mol. The molecular weight excluding hydrogens is 344 g/mol. The van der Waals surface area contributed by atoms with E-state index in [1.54, 1.807) is 6.20 Å². The smallest absolute Gasteiger partial charge is 0.237 e. The summed E-state index contributed by atoms with van der Waals surface area (Å²) in [6.45, 7) is 2.59. The van der Waals surface area contributed by atoms with Gasteiger partial charge >= 0.3 is 0 Å². The minimum atomic E-state index is -0.490. The van der Waals surface area contributed by atoms with Gasteiger partial charge in [-0.2, -0.15) is 0 Å². The average Bonchev–Trinajstić information content (AvgIpc) is 2.70. The Bertz CT molecular complexity index is 739. The summed E-state index contributed by atoms with van der Waals surface area (Å²) in [7, 11) is 0. The summed E-state index contributed by atoms with van der Waals surface area (Å²) in [5.74, 6) is 0.479. The molecule has 7 nitrogen and oxygen atoms in total. The lowest BCUT2D eigenvalue weighted by molar-refractivity contribution is -0.134. The molecule has 7 heteroatoms. The summed E-state index contributed by atoms with van der Waals surface area (Å²) >= 11 is 0. The highest BCUT2D eigenvalue weighted by Gasteiger charge is 2.31. The molecule has 1 aliphatic heterocycles. The lowest BCUT2D eigenvalue weighted by Crippen LogP contribution is -2.56. The number of nitrogens with zero attached hydrogens (tertiary/aromatic N) is 2. The molecule has 1 atom stereocenters. The van der Waals surface area contributed by atoms with Crippen molar-refractivity contribution >= 4 is 11.8 Å². The normalized spacial score (nSPS) is 17.2. The van der Waals surface area contributed by atoms with Crippen LogP contribution in [0.4, 0.5) is 0 Å². The van der Waals surface area contributed by atoms with Gasteiger partial charge in [-0.3, -0.25) is 19.5 Å². The molecule has 1 aliphatic rings. The monoisotopic (exact) mass is 368 g/mol. The third kappa shape index (κ3) is 5.79. The van der Waals surface area contributed by atoms with Crippen molar-refractivity contribution in [3.8, 4) is 5.75 Å². The Kier molecular flexibility index (Phi) is 6.76. The van der Waals surface area contributed by atoms with E-state index < -0.39 is 6.04 Å². The van der Waals surface area contributed by atoms with Crippen LogP contribution >= 0.6 is 0 Å². The molecule has 0 bridgehead atoms. The molecule has 3 rings (SSSR count). The standard InChI is InChI=1S/C20H24N4O3/c25-19(22-11-13-27-17-7-2-1-3-8-17)14-18-20(26)23-10-12-24(18)15-16-6-4-5-9-21-16/h1-9,18H,10-15H2,(H,22,25)(H,23,26)/t18-/m0/s1. The second-order valence-electron chi connectivity index (χ2n) is 6.31. The maximum absolute atomic E-state index is 12.3. The molecule has 0 spiro atoms. The number of hydrogen-bond donors (Lipinski definition) is 2. The van der Waals surface area contributed by atoms with E-state index in [1.165, 1.54) is 0 Å². The zero-order valence-corrected chi connectivity index (χ0v) is 15.1. The maximum atomic E-state index is 12.3. The number of hydrogen-bond acceptors (Lipinski definition) is 5. The number of rotatable bonds is 8. The first-order valence-electron chi connectivity index (χ1n) is 9.08. The van der Waals surface area contributed by atoms with E-state index in [9.17, 15) is 9.59 Å². The molecule has 1 saturated heterocycles. The third-order valence-corrected chi connectivity index (χ3v) is 4.35. The molecule has 1 aromatic heterocycles. The number of amides is 2. The molecule has 2 amide bonds. The minimum Gasteiger partial charge on any atom is -0.492 e. The molecule has 27 heavy (non-hydrogen) atoms. The molecule has 2 heterocycles. The predicted octanol–water partition coefficient (Wildman–Crippen LogP) is 0.967. The van der Waals surface area contributed by atoms with Gasteiger partial charge in [-0.05, 0) is 24.3 Å². The van der Waals surface area contributed by atoms with Crippen molar-refractivity contribution in [2.75, 3.05) is 26.2 Å². The highest BCUT2D eigenvalue weighted by molar-refractivity contribution is 5.88. The first-order chi connectivity index (χ1) is 13.2. The van der Waals surface area contributed by atoms with E-state index in [2.05, 4.69) is 15.6 Å². The van der Waals surface area contributed by atoms with Gasteiger partial charge in [0, 0.05) is 25.8 Å². The fourth-order valence-electron chi connectivity index (χ4n) is 3.00. The van der Waals surface area contributed by atoms with Crippen molar-refractivity contribution in [1.29, 1.82) is 0 Å². The second-order valence-corrected chi connectivity index (χ2v) is 6.31. The minimum absolute atomic E-state index is 0.115. The Morgan fingerprint density at radius 1 is 1.22 bits per heavy atom. The lowest BCUT2D eigenvalue weighted by atomic mass is 10.1. The van der Waals surface area contributed by atoms with Crippen LogP contribution in [0, 0.1) is 0 Å². The largest absolute Gasteiger partial charge is 0.492 e. The first-order valence-corrected chi connectivity index (χ1v) is 9.08. The number of nitrogens with one attached hydrogen (secondary N) is 2. The molecule has 142 valence electrons. The summed E-state index contributed by atoms with van der Waals surface area (Å²) in [5, 5.41) is 5.66. The van der Waals surface area contributed by atoms with Crippen LogP contribution in [0.15, 0.2) is 54.7 Å². The number of piperazine rings is 1. The molecule has 2 aromatic rings. The number of benzene rings is 1. The first kappa shape index (κ1) is 18.8. The Hall–Kier alpha value is -2.93. The van der Waals surface area contributed by atoms with Gasteiger partial charge in [-0.1, -0.05) is 24.3 Å². The van der Waals surface area contributed by atoms with Crippen LogP contribution in [0.2, 0.25) is 0 Å². The quantitative estimate of drug-likeness (QED) is 0.679. The molecular formula is C20H24N4O3. The number of carbonyl (C=O) groups excluding carboxylic acids is 2. The Labute approximate surface area is 158 Å². The van der Waals surface area contributed by atoms with Crippen LogP contribution in [0.5, 0.6) is 5.75 Å². The molecule has 0 unspecified atom stereocenters. The highest BCUT2D eigenvalue weighted by Crippen LogP contribution is 2.13. The van der Waals surface area contributed by atoms with E-state index in [-0.39, 0.29) is 18.2 Å². The molecule has 2 N–H and O–H groups in total. The van der Waals surface area contributed by atoms with Crippen LogP contribution < -0.4 is 15.4 Å².